The fourth-order valence-corrected chi connectivity index (χ4v) is 2.43. The Morgan fingerprint density at radius 2 is 1.63 bits per heavy atom. The zero-order valence-corrected chi connectivity index (χ0v) is 17.5. The van der Waals surface area contributed by atoms with Crippen LogP contribution in [0.25, 0.3) is 0 Å². The Balaban J connectivity index is 0.00000261. The maximum absolute atomic E-state index is 5.88. The van der Waals surface area contributed by atoms with E-state index in [9.17, 15) is 0 Å². The van der Waals surface area contributed by atoms with Crippen LogP contribution in [0.1, 0.15) is 11.3 Å². The molecule has 0 amide bonds. The lowest BCUT2D eigenvalue weighted by Crippen LogP contribution is -2.36. The zero-order valence-electron chi connectivity index (χ0n) is 15.1. The summed E-state index contributed by atoms with van der Waals surface area (Å²) in [6.45, 7) is 1.27. The van der Waals surface area contributed by atoms with Gasteiger partial charge in [0.15, 0.2) is 5.96 Å². The van der Waals surface area contributed by atoms with Crippen LogP contribution in [-0.2, 0) is 13.1 Å². The molecule has 2 N–H and O–H groups in total. The maximum Gasteiger partial charge on any atom is 0.191 e. The molecule has 0 aliphatic carbocycles. The molecule has 1 heterocycles. The fraction of sp³-hybridized carbons (Fsp3) is 0.143. The molecule has 0 spiro atoms. The molecule has 0 atom stereocenters. The summed E-state index contributed by atoms with van der Waals surface area (Å²) in [4.78, 5) is 8.54. The van der Waals surface area contributed by atoms with E-state index in [2.05, 4.69) is 26.7 Å². The predicted octanol–water partition coefficient (Wildman–Crippen LogP) is 4.36. The van der Waals surface area contributed by atoms with E-state index < -0.39 is 0 Å². The molecule has 3 rings (SSSR count). The second-order valence-electron chi connectivity index (χ2n) is 5.66. The van der Waals surface area contributed by atoms with Crippen LogP contribution >= 0.6 is 24.0 Å². The number of guanidine groups is 1. The molecule has 140 valence electrons. The molecule has 2 aromatic carbocycles. The zero-order chi connectivity index (χ0) is 18.0. The molecule has 0 bridgehead atoms. The van der Waals surface area contributed by atoms with Crippen molar-refractivity contribution in [3.8, 4) is 11.5 Å². The van der Waals surface area contributed by atoms with E-state index in [4.69, 9.17) is 4.74 Å². The number of para-hydroxylation sites is 1. The lowest BCUT2D eigenvalue weighted by atomic mass is 10.2. The number of nitrogens with zero attached hydrogens (tertiary/aromatic N) is 2. The molecule has 0 aliphatic rings. The van der Waals surface area contributed by atoms with Gasteiger partial charge in [0.05, 0.1) is 12.2 Å². The van der Waals surface area contributed by atoms with E-state index in [1.54, 1.807) is 13.2 Å². The normalized spacial score (nSPS) is 10.6. The van der Waals surface area contributed by atoms with Crippen molar-refractivity contribution >= 4 is 29.9 Å². The number of ether oxygens (including phenoxy) is 1. The van der Waals surface area contributed by atoms with Crippen molar-refractivity contribution in [1.82, 2.24) is 15.6 Å². The van der Waals surface area contributed by atoms with Crippen LogP contribution in [-0.4, -0.2) is 18.0 Å². The monoisotopic (exact) mass is 474 g/mol. The van der Waals surface area contributed by atoms with Crippen molar-refractivity contribution in [3.63, 3.8) is 0 Å². The second kappa shape index (κ2) is 11.2. The van der Waals surface area contributed by atoms with Crippen molar-refractivity contribution in [1.29, 1.82) is 0 Å². The average Bonchev–Trinajstić information content (AvgIpc) is 2.70. The second-order valence-corrected chi connectivity index (χ2v) is 5.66. The molecule has 0 saturated carbocycles. The molecule has 0 radical (unpaired) electrons. The van der Waals surface area contributed by atoms with Gasteiger partial charge in [0.2, 0.25) is 0 Å². The number of benzene rings is 2. The van der Waals surface area contributed by atoms with Gasteiger partial charge in [-0.2, -0.15) is 0 Å². The Morgan fingerprint density at radius 1 is 0.889 bits per heavy atom. The quantitative estimate of drug-likeness (QED) is 0.317. The third-order valence-electron chi connectivity index (χ3n) is 3.72. The Bertz CT molecular complexity index is 841. The van der Waals surface area contributed by atoms with Crippen LogP contribution in [0.5, 0.6) is 11.5 Å². The van der Waals surface area contributed by atoms with Gasteiger partial charge in [-0.1, -0.05) is 36.4 Å². The van der Waals surface area contributed by atoms with E-state index in [1.807, 2.05) is 66.7 Å². The summed E-state index contributed by atoms with van der Waals surface area (Å²) in [5.41, 5.74) is 2.08. The standard InChI is InChI=1S/C21H22N4O.HI/c1-22-21(25-16-18-9-5-6-13-23-18)24-15-17-8-7-12-20(14-17)26-19-10-3-2-4-11-19;/h2-14H,15-16H2,1H3,(H2,22,24,25);1H. The van der Waals surface area contributed by atoms with Gasteiger partial charge in [-0.05, 0) is 42.0 Å². The highest BCUT2D eigenvalue weighted by atomic mass is 127. The molecule has 0 unspecified atom stereocenters. The van der Waals surface area contributed by atoms with Gasteiger partial charge in [0.25, 0.3) is 0 Å². The van der Waals surface area contributed by atoms with Crippen LogP contribution in [0.15, 0.2) is 84.0 Å². The lowest BCUT2D eigenvalue weighted by Gasteiger charge is -2.12. The number of hydrogen-bond acceptors (Lipinski definition) is 3. The number of pyridine rings is 1. The Kier molecular flexibility index (Phi) is 8.57. The number of hydrogen-bond donors (Lipinski definition) is 2. The highest BCUT2D eigenvalue weighted by molar-refractivity contribution is 14.0. The first-order chi connectivity index (χ1) is 12.8. The summed E-state index contributed by atoms with van der Waals surface area (Å²) in [5, 5.41) is 6.56. The first kappa shape index (κ1) is 20.7. The summed E-state index contributed by atoms with van der Waals surface area (Å²) in [7, 11) is 1.75. The molecule has 0 aliphatic heterocycles. The van der Waals surface area contributed by atoms with E-state index >= 15 is 0 Å². The van der Waals surface area contributed by atoms with Crippen molar-refractivity contribution in [3.05, 3.63) is 90.3 Å². The third kappa shape index (κ3) is 6.90. The van der Waals surface area contributed by atoms with E-state index in [0.717, 1.165) is 28.7 Å². The van der Waals surface area contributed by atoms with Gasteiger partial charge in [-0.25, -0.2) is 0 Å². The van der Waals surface area contributed by atoms with Crippen molar-refractivity contribution < 1.29 is 4.74 Å². The minimum Gasteiger partial charge on any atom is -0.457 e. The number of aromatic nitrogens is 1. The largest absolute Gasteiger partial charge is 0.457 e. The number of halogens is 1. The molecule has 0 fully saturated rings. The summed E-state index contributed by atoms with van der Waals surface area (Å²) >= 11 is 0. The number of rotatable bonds is 6. The van der Waals surface area contributed by atoms with Crippen LogP contribution in [0, 0.1) is 0 Å². The van der Waals surface area contributed by atoms with Gasteiger partial charge in [-0.3, -0.25) is 9.98 Å². The van der Waals surface area contributed by atoms with Gasteiger partial charge in [0, 0.05) is 19.8 Å². The highest BCUT2D eigenvalue weighted by Crippen LogP contribution is 2.21. The van der Waals surface area contributed by atoms with E-state index in [1.165, 1.54) is 0 Å². The van der Waals surface area contributed by atoms with Gasteiger partial charge in [0.1, 0.15) is 11.5 Å². The number of aliphatic imine (C=N–C) groups is 1. The third-order valence-corrected chi connectivity index (χ3v) is 3.72. The van der Waals surface area contributed by atoms with E-state index in [0.29, 0.717) is 13.1 Å². The molecule has 5 nitrogen and oxygen atoms in total. The van der Waals surface area contributed by atoms with Crippen LogP contribution in [0.3, 0.4) is 0 Å². The van der Waals surface area contributed by atoms with Gasteiger partial charge < -0.3 is 15.4 Å². The maximum atomic E-state index is 5.88. The predicted molar refractivity (Wildman–Crippen MR) is 120 cm³/mol. The van der Waals surface area contributed by atoms with Crippen LogP contribution < -0.4 is 15.4 Å². The Labute approximate surface area is 176 Å². The summed E-state index contributed by atoms with van der Waals surface area (Å²) in [6, 6.07) is 23.6. The summed E-state index contributed by atoms with van der Waals surface area (Å²) in [6.07, 6.45) is 1.78. The van der Waals surface area contributed by atoms with Gasteiger partial charge in [-0.15, -0.1) is 24.0 Å². The van der Waals surface area contributed by atoms with Crippen LogP contribution in [0.2, 0.25) is 0 Å². The van der Waals surface area contributed by atoms with Crippen molar-refractivity contribution in [2.45, 2.75) is 13.1 Å². The highest BCUT2D eigenvalue weighted by Gasteiger charge is 2.02. The summed E-state index contributed by atoms with van der Waals surface area (Å²) < 4.78 is 5.88. The molecule has 3 aromatic rings. The molecule has 1 aromatic heterocycles. The van der Waals surface area contributed by atoms with Crippen LogP contribution in [0.4, 0.5) is 0 Å². The Hall–Kier alpha value is -2.61. The molecular formula is C21H23IN4O. The molecule has 27 heavy (non-hydrogen) atoms. The molecule has 6 heteroatoms. The summed E-state index contributed by atoms with van der Waals surface area (Å²) in [5.74, 6) is 2.36. The smallest absolute Gasteiger partial charge is 0.191 e. The SMILES string of the molecule is CN=C(NCc1cccc(Oc2ccccc2)c1)NCc1ccccn1.I. The van der Waals surface area contributed by atoms with Gasteiger partial charge >= 0.3 is 0 Å². The molecular weight excluding hydrogens is 451 g/mol. The molecule has 0 saturated heterocycles. The van der Waals surface area contributed by atoms with E-state index in [-0.39, 0.29) is 24.0 Å². The van der Waals surface area contributed by atoms with Crippen molar-refractivity contribution in [2.24, 2.45) is 4.99 Å². The first-order valence-electron chi connectivity index (χ1n) is 8.50. The number of nitrogens with one attached hydrogen (secondary N) is 2. The average molecular weight is 474 g/mol. The fourth-order valence-electron chi connectivity index (χ4n) is 2.43. The Morgan fingerprint density at radius 3 is 2.37 bits per heavy atom. The van der Waals surface area contributed by atoms with Crippen molar-refractivity contribution in [2.75, 3.05) is 7.05 Å². The topological polar surface area (TPSA) is 58.5 Å². The minimum absolute atomic E-state index is 0. The first-order valence-corrected chi connectivity index (χ1v) is 8.50. The lowest BCUT2D eigenvalue weighted by molar-refractivity contribution is 0.482. The minimum atomic E-state index is 0.